The van der Waals surface area contributed by atoms with Gasteiger partial charge in [-0.05, 0) is 6.42 Å². The number of rotatable bonds is 1. The Kier molecular flexibility index (Phi) is 2.67. The number of carbonyl (C=O) groups excluding carboxylic acids is 1. The predicted molar refractivity (Wildman–Crippen MR) is 37.9 cm³/mol. The first-order valence-electron chi connectivity index (χ1n) is 3.49. The van der Waals surface area contributed by atoms with E-state index in [0.717, 1.165) is 0 Å². The van der Waals surface area contributed by atoms with Gasteiger partial charge in [0.05, 0.1) is 6.61 Å². The van der Waals surface area contributed by atoms with Gasteiger partial charge >= 0.3 is 6.09 Å². The average Bonchev–Trinajstić information content (AvgIpc) is 1.93. The summed E-state index contributed by atoms with van der Waals surface area (Å²) in [7, 11) is 0. The lowest BCUT2D eigenvalue weighted by atomic mass is 10.1. The summed E-state index contributed by atoms with van der Waals surface area (Å²) < 4.78 is 9.73. The SMILES string of the molecule is NC(=O)O[C@@H]1COCC[C@H]1N. The number of amides is 1. The van der Waals surface area contributed by atoms with Crippen molar-refractivity contribution >= 4 is 6.09 Å². The van der Waals surface area contributed by atoms with Crippen LogP contribution in [0.4, 0.5) is 4.79 Å². The number of primary amides is 1. The minimum atomic E-state index is -0.795. The molecule has 0 spiro atoms. The fourth-order valence-corrected chi connectivity index (χ4v) is 0.999. The summed E-state index contributed by atoms with van der Waals surface area (Å²) in [6.45, 7) is 0.976. The van der Waals surface area contributed by atoms with E-state index in [0.29, 0.717) is 19.6 Å². The molecular formula is C6H12N2O3. The number of nitrogens with two attached hydrogens (primary N) is 2. The molecule has 1 fully saturated rings. The van der Waals surface area contributed by atoms with Gasteiger partial charge in [0.2, 0.25) is 0 Å². The topological polar surface area (TPSA) is 87.6 Å². The third-order valence-corrected chi connectivity index (χ3v) is 1.62. The van der Waals surface area contributed by atoms with Gasteiger partial charge in [0.15, 0.2) is 0 Å². The molecule has 0 saturated carbocycles. The van der Waals surface area contributed by atoms with Gasteiger partial charge in [-0.25, -0.2) is 4.79 Å². The molecular weight excluding hydrogens is 148 g/mol. The lowest BCUT2D eigenvalue weighted by Crippen LogP contribution is -2.46. The van der Waals surface area contributed by atoms with Crippen molar-refractivity contribution in [2.75, 3.05) is 13.2 Å². The molecule has 1 amide bonds. The molecule has 0 aromatic rings. The Bertz CT molecular complexity index is 151. The van der Waals surface area contributed by atoms with Crippen LogP contribution in [0.15, 0.2) is 0 Å². The average molecular weight is 160 g/mol. The molecule has 11 heavy (non-hydrogen) atoms. The lowest BCUT2D eigenvalue weighted by Gasteiger charge is -2.27. The van der Waals surface area contributed by atoms with Gasteiger partial charge in [-0.1, -0.05) is 0 Å². The highest BCUT2D eigenvalue weighted by atomic mass is 16.6. The first-order valence-corrected chi connectivity index (χ1v) is 3.49. The summed E-state index contributed by atoms with van der Waals surface area (Å²) in [5, 5.41) is 0. The normalized spacial score (nSPS) is 31.4. The molecule has 0 radical (unpaired) electrons. The van der Waals surface area contributed by atoms with E-state index in [1.807, 2.05) is 0 Å². The van der Waals surface area contributed by atoms with Crippen molar-refractivity contribution in [1.29, 1.82) is 0 Å². The van der Waals surface area contributed by atoms with Gasteiger partial charge in [0, 0.05) is 12.6 Å². The smallest absolute Gasteiger partial charge is 0.404 e. The summed E-state index contributed by atoms with van der Waals surface area (Å²) in [6.07, 6.45) is -0.463. The van der Waals surface area contributed by atoms with E-state index in [-0.39, 0.29) is 12.1 Å². The van der Waals surface area contributed by atoms with E-state index >= 15 is 0 Å². The van der Waals surface area contributed by atoms with Crippen LogP contribution < -0.4 is 11.5 Å². The molecule has 0 aromatic heterocycles. The Morgan fingerprint density at radius 2 is 2.36 bits per heavy atom. The van der Waals surface area contributed by atoms with Gasteiger partial charge in [0.25, 0.3) is 0 Å². The zero-order valence-corrected chi connectivity index (χ0v) is 6.16. The van der Waals surface area contributed by atoms with Crippen molar-refractivity contribution in [2.24, 2.45) is 11.5 Å². The van der Waals surface area contributed by atoms with Crippen LogP contribution >= 0.6 is 0 Å². The highest BCUT2D eigenvalue weighted by Gasteiger charge is 2.24. The molecule has 1 saturated heterocycles. The van der Waals surface area contributed by atoms with E-state index in [2.05, 4.69) is 0 Å². The molecule has 5 heteroatoms. The van der Waals surface area contributed by atoms with Crippen LogP contribution in [0, 0.1) is 0 Å². The molecule has 1 heterocycles. The second kappa shape index (κ2) is 3.54. The van der Waals surface area contributed by atoms with Crippen LogP contribution in [0.5, 0.6) is 0 Å². The molecule has 2 atom stereocenters. The minimum absolute atomic E-state index is 0.142. The molecule has 1 aliphatic rings. The van der Waals surface area contributed by atoms with E-state index in [1.165, 1.54) is 0 Å². The summed E-state index contributed by atoms with van der Waals surface area (Å²) >= 11 is 0. The van der Waals surface area contributed by atoms with Crippen molar-refractivity contribution in [2.45, 2.75) is 18.6 Å². The van der Waals surface area contributed by atoms with E-state index in [9.17, 15) is 4.79 Å². The van der Waals surface area contributed by atoms with Crippen LogP contribution in [-0.4, -0.2) is 31.5 Å². The third-order valence-electron chi connectivity index (χ3n) is 1.62. The molecule has 0 unspecified atom stereocenters. The Hall–Kier alpha value is -0.810. The number of carbonyl (C=O) groups is 1. The van der Waals surface area contributed by atoms with Crippen molar-refractivity contribution in [1.82, 2.24) is 0 Å². The van der Waals surface area contributed by atoms with Gasteiger partial charge < -0.3 is 20.9 Å². The highest BCUT2D eigenvalue weighted by Crippen LogP contribution is 2.08. The van der Waals surface area contributed by atoms with Gasteiger partial charge in [-0.15, -0.1) is 0 Å². The Morgan fingerprint density at radius 3 is 2.91 bits per heavy atom. The van der Waals surface area contributed by atoms with Gasteiger partial charge in [-0.2, -0.15) is 0 Å². The molecule has 1 aliphatic heterocycles. The standard InChI is InChI=1S/C6H12N2O3/c7-4-1-2-10-3-5(4)11-6(8)9/h4-5H,1-3,7H2,(H2,8,9)/t4-,5-/m1/s1. The maximum absolute atomic E-state index is 10.3. The van der Waals surface area contributed by atoms with Crippen molar-refractivity contribution < 1.29 is 14.3 Å². The molecule has 0 aliphatic carbocycles. The third kappa shape index (κ3) is 2.36. The molecule has 1 rings (SSSR count). The fourth-order valence-electron chi connectivity index (χ4n) is 0.999. The summed E-state index contributed by atoms with van der Waals surface area (Å²) in [5.41, 5.74) is 10.4. The van der Waals surface area contributed by atoms with Crippen LogP contribution in [0.25, 0.3) is 0 Å². The van der Waals surface area contributed by atoms with E-state index in [4.69, 9.17) is 20.9 Å². The largest absolute Gasteiger partial charge is 0.442 e. The molecule has 0 aromatic carbocycles. The van der Waals surface area contributed by atoms with Crippen LogP contribution in [0.3, 0.4) is 0 Å². The second-order valence-electron chi connectivity index (χ2n) is 2.50. The van der Waals surface area contributed by atoms with Crippen molar-refractivity contribution in [3.63, 3.8) is 0 Å². The fraction of sp³-hybridized carbons (Fsp3) is 0.833. The number of ether oxygens (including phenoxy) is 2. The highest BCUT2D eigenvalue weighted by molar-refractivity contribution is 5.64. The summed E-state index contributed by atoms with van der Waals surface area (Å²) in [4.78, 5) is 10.3. The van der Waals surface area contributed by atoms with Crippen LogP contribution in [0.1, 0.15) is 6.42 Å². The maximum Gasteiger partial charge on any atom is 0.404 e. The second-order valence-corrected chi connectivity index (χ2v) is 2.50. The van der Waals surface area contributed by atoms with Gasteiger partial charge in [0.1, 0.15) is 6.10 Å². The Morgan fingerprint density at radius 1 is 1.64 bits per heavy atom. The Labute approximate surface area is 64.6 Å². The molecule has 5 nitrogen and oxygen atoms in total. The zero-order chi connectivity index (χ0) is 8.27. The van der Waals surface area contributed by atoms with Crippen LogP contribution in [-0.2, 0) is 9.47 Å². The zero-order valence-electron chi connectivity index (χ0n) is 6.16. The number of hydrogen-bond acceptors (Lipinski definition) is 4. The van der Waals surface area contributed by atoms with Crippen molar-refractivity contribution in [3.8, 4) is 0 Å². The van der Waals surface area contributed by atoms with Crippen molar-refractivity contribution in [3.05, 3.63) is 0 Å². The first kappa shape index (κ1) is 8.29. The Balaban J connectivity index is 2.35. The molecule has 0 bridgehead atoms. The molecule has 64 valence electrons. The van der Waals surface area contributed by atoms with E-state index in [1.54, 1.807) is 0 Å². The quantitative estimate of drug-likeness (QED) is 0.525. The predicted octanol–water partition coefficient (Wildman–Crippen LogP) is -0.802. The summed E-state index contributed by atoms with van der Waals surface area (Å²) in [6, 6.07) is -0.142. The van der Waals surface area contributed by atoms with Gasteiger partial charge in [-0.3, -0.25) is 0 Å². The first-order chi connectivity index (χ1) is 5.20. The molecule has 4 N–H and O–H groups in total. The minimum Gasteiger partial charge on any atom is -0.442 e. The lowest BCUT2D eigenvalue weighted by molar-refractivity contribution is -0.0255. The maximum atomic E-state index is 10.3. The van der Waals surface area contributed by atoms with Crippen LogP contribution in [0.2, 0.25) is 0 Å². The monoisotopic (exact) mass is 160 g/mol. The summed E-state index contributed by atoms with van der Waals surface area (Å²) in [5.74, 6) is 0. The van der Waals surface area contributed by atoms with E-state index < -0.39 is 6.09 Å². The number of hydrogen-bond donors (Lipinski definition) is 2.